The third kappa shape index (κ3) is 5.01. The van der Waals surface area contributed by atoms with Crippen molar-refractivity contribution in [2.45, 2.75) is 17.1 Å². The molecule has 0 aliphatic rings. The van der Waals surface area contributed by atoms with Crippen molar-refractivity contribution in [2.24, 2.45) is 0 Å². The summed E-state index contributed by atoms with van der Waals surface area (Å²) < 4.78 is 0. The standard InChI is InChI=1S/C23H17N3OS/c24-14-13-17-9-11-20(12-10-17)26-23(27)21-3-1-2-4-22(21)28-16-19-7-5-18(15-25)6-8-19/h1-12H,13,16H2,(H,26,27). The van der Waals surface area contributed by atoms with Crippen molar-refractivity contribution < 1.29 is 4.79 Å². The molecule has 5 heteroatoms. The molecule has 0 fully saturated rings. The Kier molecular flexibility index (Phi) is 6.46. The number of carbonyl (C=O) groups is 1. The minimum atomic E-state index is -0.170. The Morgan fingerprint density at radius 1 is 0.893 bits per heavy atom. The van der Waals surface area contributed by atoms with Crippen molar-refractivity contribution in [1.82, 2.24) is 0 Å². The number of nitrogens with one attached hydrogen (secondary N) is 1. The normalized spacial score (nSPS) is 9.93. The molecule has 0 atom stereocenters. The maximum atomic E-state index is 12.7. The van der Waals surface area contributed by atoms with Crippen molar-refractivity contribution in [3.8, 4) is 12.1 Å². The van der Waals surface area contributed by atoms with Gasteiger partial charge in [-0.3, -0.25) is 4.79 Å². The van der Waals surface area contributed by atoms with Gasteiger partial charge in [-0.15, -0.1) is 11.8 Å². The Hall–Kier alpha value is -3.54. The lowest BCUT2D eigenvalue weighted by Crippen LogP contribution is -2.13. The Balaban J connectivity index is 1.69. The van der Waals surface area contributed by atoms with Gasteiger partial charge in [-0.25, -0.2) is 0 Å². The highest BCUT2D eigenvalue weighted by Crippen LogP contribution is 2.27. The van der Waals surface area contributed by atoms with Gasteiger partial charge in [0.25, 0.3) is 5.91 Å². The van der Waals surface area contributed by atoms with Crippen LogP contribution in [0.5, 0.6) is 0 Å². The van der Waals surface area contributed by atoms with Crippen LogP contribution in [0.2, 0.25) is 0 Å². The van der Waals surface area contributed by atoms with Gasteiger partial charge in [0.15, 0.2) is 0 Å². The summed E-state index contributed by atoms with van der Waals surface area (Å²) in [4.78, 5) is 13.6. The summed E-state index contributed by atoms with van der Waals surface area (Å²) >= 11 is 1.58. The van der Waals surface area contributed by atoms with Crippen molar-refractivity contribution in [2.75, 3.05) is 5.32 Å². The molecule has 3 aromatic rings. The number of carbonyl (C=O) groups excluding carboxylic acids is 1. The molecule has 0 aliphatic heterocycles. The van der Waals surface area contributed by atoms with Crippen LogP contribution in [0.25, 0.3) is 0 Å². The second-order valence-corrected chi connectivity index (χ2v) is 7.10. The number of hydrogen-bond donors (Lipinski definition) is 1. The maximum Gasteiger partial charge on any atom is 0.256 e. The average molecular weight is 383 g/mol. The van der Waals surface area contributed by atoms with Crippen molar-refractivity contribution in [1.29, 1.82) is 10.5 Å². The summed E-state index contributed by atoms with van der Waals surface area (Å²) in [5, 5.41) is 20.5. The van der Waals surface area contributed by atoms with Crippen LogP contribution in [0.1, 0.15) is 27.0 Å². The number of rotatable bonds is 6. The zero-order chi connectivity index (χ0) is 19.8. The Morgan fingerprint density at radius 3 is 2.25 bits per heavy atom. The topological polar surface area (TPSA) is 76.7 Å². The second kappa shape index (κ2) is 9.41. The van der Waals surface area contributed by atoms with Crippen LogP contribution in [-0.4, -0.2) is 5.91 Å². The van der Waals surface area contributed by atoms with Gasteiger partial charge < -0.3 is 5.32 Å². The molecular formula is C23H17N3OS. The van der Waals surface area contributed by atoms with Crippen LogP contribution < -0.4 is 5.32 Å². The summed E-state index contributed by atoms with van der Waals surface area (Å²) in [5.74, 6) is 0.537. The molecule has 3 rings (SSSR count). The molecule has 0 saturated heterocycles. The van der Waals surface area contributed by atoms with Gasteiger partial charge >= 0.3 is 0 Å². The largest absolute Gasteiger partial charge is 0.322 e. The lowest BCUT2D eigenvalue weighted by atomic mass is 10.1. The zero-order valence-electron chi connectivity index (χ0n) is 15.1. The molecule has 0 heterocycles. The van der Waals surface area contributed by atoms with Crippen molar-refractivity contribution in [3.05, 3.63) is 95.1 Å². The molecule has 1 amide bonds. The van der Waals surface area contributed by atoms with Gasteiger partial charge in [-0.2, -0.15) is 10.5 Å². The summed E-state index contributed by atoms with van der Waals surface area (Å²) in [5.41, 5.74) is 3.95. The quantitative estimate of drug-likeness (QED) is 0.596. The van der Waals surface area contributed by atoms with E-state index in [0.717, 1.165) is 16.0 Å². The fourth-order valence-corrected chi connectivity index (χ4v) is 3.62. The van der Waals surface area contributed by atoms with E-state index in [9.17, 15) is 4.79 Å². The van der Waals surface area contributed by atoms with Crippen LogP contribution in [0.15, 0.2) is 77.7 Å². The predicted octanol–water partition coefficient (Wildman–Crippen LogP) is 5.17. The smallest absolute Gasteiger partial charge is 0.256 e. The third-order valence-electron chi connectivity index (χ3n) is 4.10. The minimum absolute atomic E-state index is 0.170. The molecule has 136 valence electrons. The molecule has 4 nitrogen and oxygen atoms in total. The van der Waals surface area contributed by atoms with Gasteiger partial charge in [0.05, 0.1) is 29.7 Å². The first-order valence-electron chi connectivity index (χ1n) is 8.67. The summed E-state index contributed by atoms with van der Waals surface area (Å²) in [7, 11) is 0. The summed E-state index contributed by atoms with van der Waals surface area (Å²) in [6, 6.07) is 26.4. The van der Waals surface area contributed by atoms with E-state index < -0.39 is 0 Å². The van der Waals surface area contributed by atoms with E-state index in [0.29, 0.717) is 29.0 Å². The Labute approximate surface area is 168 Å². The fraction of sp³-hybridized carbons (Fsp3) is 0.0870. The highest BCUT2D eigenvalue weighted by atomic mass is 32.2. The molecule has 0 radical (unpaired) electrons. The lowest BCUT2D eigenvalue weighted by Gasteiger charge is -2.10. The van der Waals surface area contributed by atoms with Crippen LogP contribution in [0, 0.1) is 22.7 Å². The van der Waals surface area contributed by atoms with E-state index in [-0.39, 0.29) is 5.91 Å². The lowest BCUT2D eigenvalue weighted by molar-refractivity contribution is 0.102. The summed E-state index contributed by atoms with van der Waals surface area (Å²) in [6.45, 7) is 0. The first-order valence-corrected chi connectivity index (χ1v) is 9.66. The molecule has 1 N–H and O–H groups in total. The zero-order valence-corrected chi connectivity index (χ0v) is 15.9. The average Bonchev–Trinajstić information content (AvgIpc) is 2.74. The van der Waals surface area contributed by atoms with Gasteiger partial charge in [0.1, 0.15) is 0 Å². The number of anilines is 1. The number of thioether (sulfide) groups is 1. The molecule has 3 aromatic carbocycles. The third-order valence-corrected chi connectivity index (χ3v) is 5.25. The number of nitrogens with zero attached hydrogens (tertiary/aromatic N) is 2. The Morgan fingerprint density at radius 2 is 1.57 bits per heavy atom. The van der Waals surface area contributed by atoms with Crippen molar-refractivity contribution >= 4 is 23.4 Å². The molecule has 28 heavy (non-hydrogen) atoms. The molecule has 0 spiro atoms. The SMILES string of the molecule is N#CCc1ccc(NC(=O)c2ccccc2SCc2ccc(C#N)cc2)cc1. The molecular weight excluding hydrogens is 366 g/mol. The Bertz CT molecular complexity index is 1040. The second-order valence-electron chi connectivity index (χ2n) is 6.08. The van der Waals surface area contributed by atoms with Crippen LogP contribution in [0.4, 0.5) is 5.69 Å². The van der Waals surface area contributed by atoms with Gasteiger partial charge in [0, 0.05) is 16.3 Å². The number of amides is 1. The molecule has 0 unspecified atom stereocenters. The molecule has 0 aliphatic carbocycles. The monoisotopic (exact) mass is 383 g/mol. The van der Waals surface area contributed by atoms with Gasteiger partial charge in [-0.05, 0) is 47.5 Å². The molecule has 0 saturated carbocycles. The highest BCUT2D eigenvalue weighted by molar-refractivity contribution is 7.98. The van der Waals surface area contributed by atoms with Crippen LogP contribution in [-0.2, 0) is 12.2 Å². The van der Waals surface area contributed by atoms with E-state index in [2.05, 4.69) is 17.5 Å². The van der Waals surface area contributed by atoms with Crippen LogP contribution in [0.3, 0.4) is 0 Å². The number of nitriles is 2. The van der Waals surface area contributed by atoms with E-state index in [1.807, 2.05) is 42.5 Å². The van der Waals surface area contributed by atoms with Gasteiger partial charge in [-0.1, -0.05) is 36.4 Å². The van der Waals surface area contributed by atoms with Gasteiger partial charge in [0.2, 0.25) is 0 Å². The minimum Gasteiger partial charge on any atom is -0.322 e. The van der Waals surface area contributed by atoms with E-state index in [1.54, 1.807) is 42.1 Å². The number of hydrogen-bond acceptors (Lipinski definition) is 4. The molecule has 0 aromatic heterocycles. The predicted molar refractivity (Wildman–Crippen MR) is 111 cm³/mol. The highest BCUT2D eigenvalue weighted by Gasteiger charge is 2.12. The van der Waals surface area contributed by atoms with E-state index in [1.165, 1.54) is 0 Å². The van der Waals surface area contributed by atoms with E-state index >= 15 is 0 Å². The number of benzene rings is 3. The van der Waals surface area contributed by atoms with Crippen molar-refractivity contribution in [3.63, 3.8) is 0 Å². The summed E-state index contributed by atoms with van der Waals surface area (Å²) in [6.07, 6.45) is 0.350. The maximum absolute atomic E-state index is 12.7. The van der Waals surface area contributed by atoms with E-state index in [4.69, 9.17) is 10.5 Å². The van der Waals surface area contributed by atoms with Crippen LogP contribution >= 0.6 is 11.8 Å². The molecule has 0 bridgehead atoms. The fourth-order valence-electron chi connectivity index (χ4n) is 2.61. The first-order chi connectivity index (χ1) is 13.7. The first kappa shape index (κ1) is 19.2.